The highest BCUT2D eigenvalue weighted by molar-refractivity contribution is 7.10. The number of thiophene rings is 1. The lowest BCUT2D eigenvalue weighted by atomic mass is 9.96. The van der Waals surface area contributed by atoms with Crippen molar-refractivity contribution in [2.24, 2.45) is 11.7 Å². The molecule has 2 heterocycles. The lowest BCUT2D eigenvalue weighted by Gasteiger charge is -2.33. The minimum atomic E-state index is 0.135. The van der Waals surface area contributed by atoms with E-state index in [0.717, 1.165) is 42.9 Å². The zero-order valence-corrected chi connectivity index (χ0v) is 13.6. The zero-order valence-electron chi connectivity index (χ0n) is 12.8. The number of hydrogen-bond acceptors (Lipinski definition) is 4. The van der Waals surface area contributed by atoms with Gasteiger partial charge in [-0.3, -0.25) is 4.79 Å². The molecule has 0 atom stereocenters. The number of rotatable bonds is 3. The molecule has 0 aliphatic carbocycles. The average molecular weight is 305 g/mol. The molecule has 0 bridgehead atoms. The van der Waals surface area contributed by atoms with Crippen LogP contribution in [0.3, 0.4) is 0 Å². The smallest absolute Gasteiger partial charge is 0.254 e. The summed E-state index contributed by atoms with van der Waals surface area (Å²) in [4.78, 5) is 17.6. The van der Waals surface area contributed by atoms with Gasteiger partial charge >= 0.3 is 0 Å². The van der Waals surface area contributed by atoms with Crippen LogP contribution < -0.4 is 5.73 Å². The van der Waals surface area contributed by atoms with Crippen molar-refractivity contribution in [3.05, 3.63) is 21.9 Å². The summed E-state index contributed by atoms with van der Waals surface area (Å²) in [6.07, 6.45) is 2.18. The first kappa shape index (κ1) is 16.0. The van der Waals surface area contributed by atoms with Crippen molar-refractivity contribution in [3.63, 3.8) is 0 Å². The molecule has 4 nitrogen and oxygen atoms in total. The molecule has 21 heavy (non-hydrogen) atoms. The molecule has 1 aromatic heterocycles. The number of carbonyl (C=O) groups excluding carboxylic acids is 1. The Labute approximate surface area is 130 Å². The van der Waals surface area contributed by atoms with Gasteiger partial charge in [-0.15, -0.1) is 11.3 Å². The maximum Gasteiger partial charge on any atom is 0.254 e. The minimum absolute atomic E-state index is 0.135. The van der Waals surface area contributed by atoms with Crippen LogP contribution in [0.2, 0.25) is 0 Å². The fourth-order valence-electron chi connectivity index (χ4n) is 2.67. The van der Waals surface area contributed by atoms with Crippen molar-refractivity contribution < 1.29 is 4.79 Å². The van der Waals surface area contributed by atoms with Crippen LogP contribution in [0.5, 0.6) is 0 Å². The topological polar surface area (TPSA) is 49.6 Å². The Morgan fingerprint density at radius 1 is 1.48 bits per heavy atom. The van der Waals surface area contributed by atoms with Crippen LogP contribution in [0.25, 0.3) is 0 Å². The second-order valence-electron chi connectivity index (χ2n) is 5.70. The summed E-state index contributed by atoms with van der Waals surface area (Å²) in [5, 5.41) is 1.90. The Kier molecular flexibility index (Phi) is 5.80. The van der Waals surface area contributed by atoms with Gasteiger partial charge in [-0.25, -0.2) is 0 Å². The molecule has 1 aliphatic rings. The lowest BCUT2D eigenvalue weighted by molar-refractivity contribution is 0.0678. The Bertz CT molecular complexity index is 533. The Balaban J connectivity index is 1.91. The van der Waals surface area contributed by atoms with Gasteiger partial charge in [0.1, 0.15) is 0 Å². The highest BCUT2D eigenvalue weighted by Gasteiger charge is 2.24. The van der Waals surface area contributed by atoms with Gasteiger partial charge in [0, 0.05) is 25.0 Å². The number of nitrogens with two attached hydrogens (primary N) is 1. The quantitative estimate of drug-likeness (QED) is 0.861. The van der Waals surface area contributed by atoms with E-state index in [0.29, 0.717) is 12.5 Å². The highest BCUT2D eigenvalue weighted by atomic mass is 32.1. The number of nitrogens with zero attached hydrogens (tertiary/aromatic N) is 2. The predicted octanol–water partition coefficient (Wildman–Crippen LogP) is 1.47. The van der Waals surface area contributed by atoms with Gasteiger partial charge in [0.15, 0.2) is 0 Å². The Hall–Kier alpha value is -1.35. The van der Waals surface area contributed by atoms with E-state index in [1.807, 2.05) is 16.3 Å². The summed E-state index contributed by atoms with van der Waals surface area (Å²) in [5.74, 6) is 6.64. The van der Waals surface area contributed by atoms with Gasteiger partial charge in [0.25, 0.3) is 5.91 Å². The molecule has 114 valence electrons. The molecule has 5 heteroatoms. The molecule has 0 unspecified atom stereocenters. The van der Waals surface area contributed by atoms with E-state index in [-0.39, 0.29) is 5.91 Å². The van der Waals surface area contributed by atoms with E-state index >= 15 is 0 Å². The summed E-state index contributed by atoms with van der Waals surface area (Å²) < 4.78 is 0. The maximum atomic E-state index is 12.5. The van der Waals surface area contributed by atoms with Crippen molar-refractivity contribution in [2.45, 2.75) is 12.8 Å². The largest absolute Gasteiger partial charge is 0.339 e. The molecule has 1 aromatic rings. The molecule has 1 fully saturated rings. The second-order valence-corrected chi connectivity index (χ2v) is 6.61. The first-order valence-electron chi connectivity index (χ1n) is 7.31. The van der Waals surface area contributed by atoms with Crippen LogP contribution in [0.15, 0.2) is 11.4 Å². The van der Waals surface area contributed by atoms with Gasteiger partial charge < -0.3 is 15.5 Å². The van der Waals surface area contributed by atoms with Gasteiger partial charge in [0.2, 0.25) is 0 Å². The van der Waals surface area contributed by atoms with Crippen molar-refractivity contribution in [2.75, 3.05) is 40.3 Å². The molecule has 0 spiro atoms. The SMILES string of the molecule is CN(C)CC1CCN(C(=O)c2csc(C#CCN)c2)CC1. The van der Waals surface area contributed by atoms with E-state index in [9.17, 15) is 4.79 Å². The van der Waals surface area contributed by atoms with E-state index in [1.165, 1.54) is 11.3 Å². The normalized spacial score (nSPS) is 15.9. The number of amides is 1. The Morgan fingerprint density at radius 2 is 2.19 bits per heavy atom. The summed E-state index contributed by atoms with van der Waals surface area (Å²) >= 11 is 1.51. The predicted molar refractivity (Wildman–Crippen MR) is 87.4 cm³/mol. The number of hydrogen-bond donors (Lipinski definition) is 1. The molecule has 0 radical (unpaired) electrons. The standard InChI is InChI=1S/C16H23N3OS/c1-18(2)11-13-5-8-19(9-6-13)16(20)14-10-15(21-12-14)4-3-7-17/h10,12-13H,5-9,11,17H2,1-2H3. The molecule has 1 saturated heterocycles. The van der Waals surface area contributed by atoms with Crippen molar-refractivity contribution in [3.8, 4) is 11.8 Å². The third kappa shape index (κ3) is 4.57. The van der Waals surface area contributed by atoms with Crippen LogP contribution in [0, 0.1) is 17.8 Å². The molecule has 1 aliphatic heterocycles. The third-order valence-corrected chi connectivity index (χ3v) is 4.53. The van der Waals surface area contributed by atoms with Crippen LogP contribution in [0.1, 0.15) is 28.1 Å². The van der Waals surface area contributed by atoms with Gasteiger partial charge in [-0.2, -0.15) is 0 Å². The Morgan fingerprint density at radius 3 is 2.81 bits per heavy atom. The molecular weight excluding hydrogens is 282 g/mol. The van der Waals surface area contributed by atoms with Crippen LogP contribution in [-0.2, 0) is 0 Å². The minimum Gasteiger partial charge on any atom is -0.339 e. The monoisotopic (exact) mass is 305 g/mol. The summed E-state index contributed by atoms with van der Waals surface area (Å²) in [7, 11) is 4.21. The van der Waals surface area contributed by atoms with E-state index < -0.39 is 0 Å². The van der Waals surface area contributed by atoms with Crippen molar-refractivity contribution >= 4 is 17.2 Å². The van der Waals surface area contributed by atoms with Gasteiger partial charge in [-0.1, -0.05) is 11.8 Å². The number of carbonyl (C=O) groups is 1. The highest BCUT2D eigenvalue weighted by Crippen LogP contribution is 2.21. The molecule has 2 rings (SSSR count). The molecule has 2 N–H and O–H groups in total. The lowest BCUT2D eigenvalue weighted by Crippen LogP contribution is -2.40. The molecule has 1 amide bonds. The van der Waals surface area contributed by atoms with E-state index in [4.69, 9.17) is 5.73 Å². The first-order valence-corrected chi connectivity index (χ1v) is 8.19. The molecule has 0 aromatic carbocycles. The second kappa shape index (κ2) is 7.60. The van der Waals surface area contributed by atoms with Crippen LogP contribution in [0.4, 0.5) is 0 Å². The molecular formula is C16H23N3OS. The fraction of sp³-hybridized carbons (Fsp3) is 0.562. The van der Waals surface area contributed by atoms with E-state index in [2.05, 4.69) is 30.8 Å². The average Bonchev–Trinajstić information content (AvgIpc) is 2.93. The van der Waals surface area contributed by atoms with Gasteiger partial charge in [-0.05, 0) is 38.9 Å². The fourth-order valence-corrected chi connectivity index (χ4v) is 3.42. The third-order valence-electron chi connectivity index (χ3n) is 3.69. The number of piperidine rings is 1. The molecule has 0 saturated carbocycles. The maximum absolute atomic E-state index is 12.5. The number of likely N-dealkylation sites (tertiary alicyclic amines) is 1. The van der Waals surface area contributed by atoms with Crippen molar-refractivity contribution in [1.29, 1.82) is 0 Å². The summed E-state index contributed by atoms with van der Waals surface area (Å²) in [6.45, 7) is 3.17. The summed E-state index contributed by atoms with van der Waals surface area (Å²) in [5.41, 5.74) is 6.12. The van der Waals surface area contributed by atoms with Crippen LogP contribution in [-0.4, -0.2) is 56.0 Å². The van der Waals surface area contributed by atoms with E-state index in [1.54, 1.807) is 0 Å². The first-order chi connectivity index (χ1) is 10.1. The van der Waals surface area contributed by atoms with Crippen LogP contribution >= 0.6 is 11.3 Å². The summed E-state index contributed by atoms with van der Waals surface area (Å²) in [6, 6.07) is 1.88. The van der Waals surface area contributed by atoms with Gasteiger partial charge in [0.05, 0.1) is 17.0 Å². The zero-order chi connectivity index (χ0) is 15.2. The van der Waals surface area contributed by atoms with Crippen molar-refractivity contribution in [1.82, 2.24) is 9.80 Å².